The lowest BCUT2D eigenvalue weighted by Gasteiger charge is -2.24. The molecule has 0 aliphatic carbocycles. The number of carbonyl (C=O) groups is 1. The number of amides is 2. The Hall–Kier alpha value is -1.55. The maximum Gasteiger partial charge on any atom is 0.319 e. The van der Waals surface area contributed by atoms with Crippen LogP contribution in [0.3, 0.4) is 0 Å². The highest BCUT2D eigenvalue weighted by molar-refractivity contribution is 5.90. The Bertz CT molecular complexity index is 464. The summed E-state index contributed by atoms with van der Waals surface area (Å²) in [6.45, 7) is 10.4. The molecule has 118 valence electrons. The summed E-state index contributed by atoms with van der Waals surface area (Å²) in [6.07, 6.45) is 0.755. The summed E-state index contributed by atoms with van der Waals surface area (Å²) in [5, 5.41) is 15.1. The molecule has 4 nitrogen and oxygen atoms in total. The van der Waals surface area contributed by atoms with E-state index in [2.05, 4.69) is 45.3 Å². The van der Waals surface area contributed by atoms with Crippen molar-refractivity contribution in [3.8, 4) is 0 Å². The van der Waals surface area contributed by atoms with Crippen molar-refractivity contribution in [2.75, 3.05) is 11.9 Å². The molecule has 2 amide bonds. The van der Waals surface area contributed by atoms with Gasteiger partial charge in [-0.05, 0) is 29.4 Å². The van der Waals surface area contributed by atoms with Gasteiger partial charge in [0.2, 0.25) is 0 Å². The molecule has 1 atom stereocenters. The third-order valence-electron chi connectivity index (χ3n) is 3.29. The lowest BCUT2D eigenvalue weighted by Crippen LogP contribution is -2.41. The quantitative estimate of drug-likeness (QED) is 0.777. The molecule has 1 rings (SSSR count). The Kier molecular flexibility index (Phi) is 6.21. The molecule has 0 radical (unpaired) electrons. The minimum absolute atomic E-state index is 0.0435. The smallest absolute Gasteiger partial charge is 0.319 e. The Morgan fingerprint density at radius 1 is 1.24 bits per heavy atom. The van der Waals surface area contributed by atoms with Crippen molar-refractivity contribution >= 4 is 11.7 Å². The molecule has 1 unspecified atom stereocenters. The third-order valence-corrected chi connectivity index (χ3v) is 3.29. The van der Waals surface area contributed by atoms with Crippen molar-refractivity contribution in [2.45, 2.75) is 52.5 Å². The first-order valence-corrected chi connectivity index (χ1v) is 7.52. The first-order valence-electron chi connectivity index (χ1n) is 7.52. The zero-order chi connectivity index (χ0) is 16.0. The molecule has 0 aromatic heterocycles. The minimum atomic E-state index is -0.272. The average molecular weight is 292 g/mol. The molecule has 1 aromatic carbocycles. The van der Waals surface area contributed by atoms with E-state index in [1.807, 2.05) is 24.3 Å². The van der Waals surface area contributed by atoms with Crippen LogP contribution in [0.4, 0.5) is 10.5 Å². The largest absolute Gasteiger partial charge is 0.394 e. The van der Waals surface area contributed by atoms with Crippen LogP contribution in [0.2, 0.25) is 0 Å². The molecule has 4 heteroatoms. The number of aliphatic hydroxyl groups is 1. The fourth-order valence-corrected chi connectivity index (χ4v) is 2.34. The Morgan fingerprint density at radius 2 is 1.86 bits per heavy atom. The van der Waals surface area contributed by atoms with Crippen molar-refractivity contribution in [2.24, 2.45) is 5.92 Å². The van der Waals surface area contributed by atoms with E-state index in [0.29, 0.717) is 5.92 Å². The van der Waals surface area contributed by atoms with Gasteiger partial charge in [0.25, 0.3) is 0 Å². The van der Waals surface area contributed by atoms with Gasteiger partial charge >= 0.3 is 6.03 Å². The number of aliphatic hydroxyl groups excluding tert-OH is 1. The summed E-state index contributed by atoms with van der Waals surface area (Å²) in [5.41, 5.74) is 1.85. The van der Waals surface area contributed by atoms with Crippen molar-refractivity contribution in [3.05, 3.63) is 29.8 Å². The summed E-state index contributed by atoms with van der Waals surface area (Å²) in [5.74, 6) is 0.421. The van der Waals surface area contributed by atoms with Gasteiger partial charge in [0.05, 0.1) is 12.6 Å². The molecule has 21 heavy (non-hydrogen) atoms. The summed E-state index contributed by atoms with van der Waals surface area (Å²) in [6, 6.07) is 7.31. The van der Waals surface area contributed by atoms with Crippen LogP contribution in [0.1, 0.15) is 46.6 Å². The van der Waals surface area contributed by atoms with Crippen LogP contribution in [0.25, 0.3) is 0 Å². The molecule has 0 saturated heterocycles. The fourth-order valence-electron chi connectivity index (χ4n) is 2.34. The van der Waals surface area contributed by atoms with Crippen molar-refractivity contribution < 1.29 is 9.90 Å². The van der Waals surface area contributed by atoms with E-state index in [9.17, 15) is 9.90 Å². The summed E-state index contributed by atoms with van der Waals surface area (Å²) in [7, 11) is 0. The highest BCUT2D eigenvalue weighted by Crippen LogP contribution is 2.29. The predicted octanol–water partition coefficient (Wildman–Crippen LogP) is 3.51. The molecule has 0 spiro atoms. The summed E-state index contributed by atoms with van der Waals surface area (Å²) in [4.78, 5) is 12.1. The highest BCUT2D eigenvalue weighted by Gasteiger charge is 2.19. The molecule has 3 N–H and O–H groups in total. The maximum absolute atomic E-state index is 12.1. The van der Waals surface area contributed by atoms with Crippen LogP contribution in [0.15, 0.2) is 24.3 Å². The number of rotatable bonds is 5. The van der Waals surface area contributed by atoms with Gasteiger partial charge in [0.15, 0.2) is 0 Å². The molecule has 0 aliphatic heterocycles. The monoisotopic (exact) mass is 292 g/mol. The molecular weight excluding hydrogens is 264 g/mol. The number of para-hydroxylation sites is 1. The van der Waals surface area contributed by atoms with E-state index in [4.69, 9.17) is 0 Å². The fraction of sp³-hybridized carbons (Fsp3) is 0.588. The van der Waals surface area contributed by atoms with Crippen LogP contribution < -0.4 is 10.6 Å². The number of nitrogens with one attached hydrogen (secondary N) is 2. The van der Waals surface area contributed by atoms with Crippen LogP contribution >= 0.6 is 0 Å². The van der Waals surface area contributed by atoms with Crippen LogP contribution in [-0.4, -0.2) is 23.8 Å². The SMILES string of the molecule is CC(C)CC(CO)NC(=O)Nc1ccccc1C(C)(C)C. The van der Waals surface area contributed by atoms with E-state index in [-0.39, 0.29) is 24.1 Å². The predicted molar refractivity (Wildman–Crippen MR) is 87.6 cm³/mol. The number of hydrogen-bond donors (Lipinski definition) is 3. The second-order valence-electron chi connectivity index (χ2n) is 6.90. The van der Waals surface area contributed by atoms with Gasteiger partial charge in [0.1, 0.15) is 0 Å². The molecule has 0 heterocycles. The molecular formula is C17H28N2O2. The topological polar surface area (TPSA) is 61.4 Å². The Morgan fingerprint density at radius 3 is 2.38 bits per heavy atom. The normalized spacial score (nSPS) is 13.1. The first kappa shape index (κ1) is 17.5. The van der Waals surface area contributed by atoms with E-state index in [1.165, 1.54) is 0 Å². The lowest BCUT2D eigenvalue weighted by atomic mass is 9.86. The van der Waals surface area contributed by atoms with Gasteiger partial charge < -0.3 is 15.7 Å². The van der Waals surface area contributed by atoms with Crippen LogP contribution in [0, 0.1) is 5.92 Å². The maximum atomic E-state index is 12.1. The van der Waals surface area contributed by atoms with Crippen molar-refractivity contribution in [1.82, 2.24) is 5.32 Å². The van der Waals surface area contributed by atoms with Gasteiger partial charge in [-0.15, -0.1) is 0 Å². The van der Waals surface area contributed by atoms with Crippen molar-refractivity contribution in [3.63, 3.8) is 0 Å². The molecule has 0 saturated carbocycles. The molecule has 0 bridgehead atoms. The van der Waals surface area contributed by atoms with E-state index < -0.39 is 0 Å². The summed E-state index contributed by atoms with van der Waals surface area (Å²) >= 11 is 0. The standard InChI is InChI=1S/C17H28N2O2/c1-12(2)10-13(11-20)18-16(21)19-15-9-7-6-8-14(15)17(3,4)5/h6-9,12-13,20H,10-11H2,1-5H3,(H2,18,19,21). The average Bonchev–Trinajstić information content (AvgIpc) is 2.36. The van der Waals surface area contributed by atoms with Crippen molar-refractivity contribution in [1.29, 1.82) is 0 Å². The Balaban J connectivity index is 2.75. The van der Waals surface area contributed by atoms with Gasteiger partial charge in [-0.3, -0.25) is 0 Å². The zero-order valence-corrected chi connectivity index (χ0v) is 13.7. The van der Waals surface area contributed by atoms with Gasteiger partial charge in [-0.2, -0.15) is 0 Å². The van der Waals surface area contributed by atoms with Crippen LogP contribution in [0.5, 0.6) is 0 Å². The number of carbonyl (C=O) groups excluding carboxylic acids is 1. The van der Waals surface area contributed by atoms with E-state index in [1.54, 1.807) is 0 Å². The Labute approximate surface area is 128 Å². The van der Waals surface area contributed by atoms with E-state index in [0.717, 1.165) is 17.7 Å². The second kappa shape index (κ2) is 7.46. The minimum Gasteiger partial charge on any atom is -0.394 e. The number of benzene rings is 1. The number of hydrogen-bond acceptors (Lipinski definition) is 2. The lowest BCUT2D eigenvalue weighted by molar-refractivity contribution is 0.214. The van der Waals surface area contributed by atoms with Gasteiger partial charge in [-0.1, -0.05) is 52.8 Å². The van der Waals surface area contributed by atoms with Crippen LogP contribution in [-0.2, 0) is 5.41 Å². The van der Waals surface area contributed by atoms with E-state index >= 15 is 0 Å². The number of anilines is 1. The highest BCUT2D eigenvalue weighted by atomic mass is 16.3. The number of urea groups is 1. The second-order valence-corrected chi connectivity index (χ2v) is 6.90. The summed E-state index contributed by atoms with van der Waals surface area (Å²) < 4.78 is 0. The molecule has 0 fully saturated rings. The first-order chi connectivity index (χ1) is 9.74. The zero-order valence-electron chi connectivity index (χ0n) is 13.7. The van der Waals surface area contributed by atoms with Gasteiger partial charge in [-0.25, -0.2) is 4.79 Å². The third kappa shape index (κ3) is 5.76. The molecule has 0 aliphatic rings. The molecule has 1 aromatic rings. The van der Waals surface area contributed by atoms with Gasteiger partial charge in [0, 0.05) is 5.69 Å².